The van der Waals surface area contributed by atoms with Gasteiger partial charge in [-0.15, -0.1) is 0 Å². The monoisotopic (exact) mass is 267 g/mol. The largest absolute Gasteiger partial charge is 0.395 e. The number of aliphatic hydroxyl groups excluding tert-OH is 1. The average Bonchev–Trinajstić information content (AvgIpc) is 3.14. The van der Waals surface area contributed by atoms with E-state index in [4.69, 9.17) is 4.74 Å². The number of aliphatic hydroxyl groups is 1. The molecule has 1 aliphatic heterocycles. The highest BCUT2D eigenvalue weighted by Gasteiger charge is 2.46. The molecule has 0 radical (unpaired) electrons. The summed E-state index contributed by atoms with van der Waals surface area (Å²) in [4.78, 5) is 12.3. The molecule has 3 fully saturated rings. The first-order valence-electron chi connectivity index (χ1n) is 7.72. The van der Waals surface area contributed by atoms with Gasteiger partial charge in [-0.3, -0.25) is 4.79 Å². The first-order valence-corrected chi connectivity index (χ1v) is 7.72. The van der Waals surface area contributed by atoms with E-state index < -0.39 is 5.41 Å². The van der Waals surface area contributed by atoms with E-state index in [9.17, 15) is 9.90 Å². The van der Waals surface area contributed by atoms with Crippen LogP contribution in [0.3, 0.4) is 0 Å². The SMILES string of the molecule is O=C(NC[C@@H]1C[C@H]1C1CCC1)C1(CO)CCOCC1. The van der Waals surface area contributed by atoms with E-state index in [1.54, 1.807) is 0 Å². The topological polar surface area (TPSA) is 58.6 Å². The van der Waals surface area contributed by atoms with Gasteiger partial charge in [0.25, 0.3) is 0 Å². The van der Waals surface area contributed by atoms with Crippen molar-refractivity contribution in [1.82, 2.24) is 5.32 Å². The molecule has 1 amide bonds. The van der Waals surface area contributed by atoms with Gasteiger partial charge in [0.1, 0.15) is 0 Å². The zero-order valence-electron chi connectivity index (χ0n) is 11.6. The number of ether oxygens (including phenoxy) is 1. The molecule has 2 N–H and O–H groups in total. The van der Waals surface area contributed by atoms with Gasteiger partial charge in [0.15, 0.2) is 0 Å². The fraction of sp³-hybridized carbons (Fsp3) is 0.933. The molecule has 1 saturated heterocycles. The molecule has 0 unspecified atom stereocenters. The minimum absolute atomic E-state index is 0.0394. The Morgan fingerprint density at radius 2 is 2.05 bits per heavy atom. The standard InChI is InChI=1S/C15H25NO3/c17-10-15(4-6-19-7-5-15)14(18)16-9-12-8-13(12)11-2-1-3-11/h11-13,17H,1-10H2,(H,16,18)/t12-,13-/m0/s1. The van der Waals surface area contributed by atoms with E-state index in [1.807, 2.05) is 0 Å². The van der Waals surface area contributed by atoms with Crippen LogP contribution in [0.5, 0.6) is 0 Å². The van der Waals surface area contributed by atoms with Crippen molar-refractivity contribution in [3.05, 3.63) is 0 Å². The summed E-state index contributed by atoms with van der Waals surface area (Å²) in [6, 6.07) is 0. The van der Waals surface area contributed by atoms with Gasteiger partial charge in [-0.05, 0) is 37.0 Å². The lowest BCUT2D eigenvalue weighted by Gasteiger charge is -2.34. The Kier molecular flexibility index (Phi) is 3.81. The smallest absolute Gasteiger partial charge is 0.228 e. The molecule has 2 aliphatic carbocycles. The summed E-state index contributed by atoms with van der Waals surface area (Å²) < 4.78 is 5.29. The Morgan fingerprint density at radius 3 is 2.63 bits per heavy atom. The molecule has 3 aliphatic rings. The Balaban J connectivity index is 1.45. The fourth-order valence-corrected chi connectivity index (χ4v) is 3.58. The van der Waals surface area contributed by atoms with Crippen molar-refractivity contribution in [1.29, 1.82) is 0 Å². The van der Waals surface area contributed by atoms with Gasteiger partial charge in [-0.25, -0.2) is 0 Å². The molecule has 0 bridgehead atoms. The van der Waals surface area contributed by atoms with Gasteiger partial charge < -0.3 is 15.2 Å². The van der Waals surface area contributed by atoms with Crippen LogP contribution in [0.4, 0.5) is 0 Å². The normalized spacial score (nSPS) is 33.5. The highest BCUT2D eigenvalue weighted by molar-refractivity contribution is 5.82. The second-order valence-electron chi connectivity index (χ2n) is 6.61. The third kappa shape index (κ3) is 2.65. The quantitative estimate of drug-likeness (QED) is 0.790. The molecular formula is C15H25NO3. The van der Waals surface area contributed by atoms with Gasteiger partial charge in [0, 0.05) is 19.8 Å². The maximum atomic E-state index is 12.3. The zero-order chi connectivity index (χ0) is 13.3. The van der Waals surface area contributed by atoms with E-state index in [1.165, 1.54) is 25.7 Å². The number of amides is 1. The summed E-state index contributed by atoms with van der Waals surface area (Å²) in [6.07, 6.45) is 6.77. The number of rotatable bonds is 5. The molecule has 19 heavy (non-hydrogen) atoms. The number of carbonyl (C=O) groups excluding carboxylic acids is 1. The van der Waals surface area contributed by atoms with Crippen molar-refractivity contribution in [2.75, 3.05) is 26.4 Å². The predicted octanol–water partition coefficient (Wildman–Crippen LogP) is 1.33. The molecule has 3 rings (SSSR count). The van der Waals surface area contributed by atoms with E-state index in [2.05, 4.69) is 5.32 Å². The Hall–Kier alpha value is -0.610. The van der Waals surface area contributed by atoms with Crippen molar-refractivity contribution in [3.63, 3.8) is 0 Å². The molecule has 108 valence electrons. The second-order valence-corrected chi connectivity index (χ2v) is 6.61. The van der Waals surface area contributed by atoms with Crippen molar-refractivity contribution in [3.8, 4) is 0 Å². The highest BCUT2D eigenvalue weighted by atomic mass is 16.5. The summed E-state index contributed by atoms with van der Waals surface area (Å²) in [7, 11) is 0. The van der Waals surface area contributed by atoms with E-state index >= 15 is 0 Å². The van der Waals surface area contributed by atoms with Crippen molar-refractivity contribution in [2.45, 2.75) is 38.5 Å². The summed E-state index contributed by atoms with van der Waals surface area (Å²) >= 11 is 0. The van der Waals surface area contributed by atoms with E-state index in [0.717, 1.165) is 18.4 Å². The molecule has 2 saturated carbocycles. The van der Waals surface area contributed by atoms with Gasteiger partial charge in [-0.1, -0.05) is 19.3 Å². The third-order valence-electron chi connectivity index (χ3n) is 5.49. The zero-order valence-corrected chi connectivity index (χ0v) is 11.6. The lowest BCUT2D eigenvalue weighted by molar-refractivity contribution is -0.140. The summed E-state index contributed by atoms with van der Waals surface area (Å²) in [5, 5.41) is 12.6. The Labute approximate surface area is 114 Å². The highest BCUT2D eigenvalue weighted by Crippen LogP contribution is 2.51. The predicted molar refractivity (Wildman–Crippen MR) is 71.5 cm³/mol. The van der Waals surface area contributed by atoms with Gasteiger partial charge >= 0.3 is 0 Å². The molecule has 1 heterocycles. The molecular weight excluding hydrogens is 242 g/mol. The lowest BCUT2D eigenvalue weighted by atomic mass is 9.80. The van der Waals surface area contributed by atoms with E-state index in [-0.39, 0.29) is 12.5 Å². The first kappa shape index (κ1) is 13.4. The van der Waals surface area contributed by atoms with Crippen molar-refractivity contribution in [2.24, 2.45) is 23.2 Å². The van der Waals surface area contributed by atoms with Crippen molar-refractivity contribution >= 4 is 5.91 Å². The number of hydrogen-bond acceptors (Lipinski definition) is 3. The number of nitrogens with one attached hydrogen (secondary N) is 1. The minimum Gasteiger partial charge on any atom is -0.395 e. The molecule has 0 aromatic heterocycles. The van der Waals surface area contributed by atoms with Crippen LogP contribution in [0.15, 0.2) is 0 Å². The van der Waals surface area contributed by atoms with Crippen LogP contribution in [0, 0.1) is 23.2 Å². The first-order chi connectivity index (χ1) is 9.25. The van der Waals surface area contributed by atoms with Crippen LogP contribution in [0.2, 0.25) is 0 Å². The summed E-state index contributed by atoms with van der Waals surface area (Å²) in [6.45, 7) is 1.92. The van der Waals surface area contributed by atoms with Crippen LogP contribution < -0.4 is 5.32 Å². The maximum absolute atomic E-state index is 12.3. The number of hydrogen-bond donors (Lipinski definition) is 2. The van der Waals surface area contributed by atoms with Gasteiger partial charge in [-0.2, -0.15) is 0 Å². The molecule has 0 aromatic rings. The maximum Gasteiger partial charge on any atom is 0.228 e. The van der Waals surface area contributed by atoms with Crippen LogP contribution in [-0.2, 0) is 9.53 Å². The summed E-state index contributed by atoms with van der Waals surface area (Å²) in [5.41, 5.74) is -0.584. The molecule has 4 heteroatoms. The summed E-state index contributed by atoms with van der Waals surface area (Å²) in [5.74, 6) is 2.55. The van der Waals surface area contributed by atoms with Crippen LogP contribution >= 0.6 is 0 Å². The van der Waals surface area contributed by atoms with Gasteiger partial charge in [0.2, 0.25) is 5.91 Å². The van der Waals surface area contributed by atoms with Crippen LogP contribution in [0.1, 0.15) is 38.5 Å². The van der Waals surface area contributed by atoms with Crippen molar-refractivity contribution < 1.29 is 14.6 Å². The van der Waals surface area contributed by atoms with E-state index in [0.29, 0.717) is 32.0 Å². The molecule has 0 spiro atoms. The lowest BCUT2D eigenvalue weighted by Crippen LogP contribution is -2.47. The molecule has 4 nitrogen and oxygen atoms in total. The Morgan fingerprint density at radius 1 is 1.32 bits per heavy atom. The van der Waals surface area contributed by atoms with Crippen LogP contribution in [0.25, 0.3) is 0 Å². The minimum atomic E-state index is -0.584. The molecule has 2 atom stereocenters. The second kappa shape index (κ2) is 5.41. The molecule has 0 aromatic carbocycles. The number of carbonyl (C=O) groups is 1. The van der Waals surface area contributed by atoms with Gasteiger partial charge in [0.05, 0.1) is 12.0 Å². The third-order valence-corrected chi connectivity index (χ3v) is 5.49. The Bertz CT molecular complexity index is 334. The fourth-order valence-electron chi connectivity index (χ4n) is 3.58. The van der Waals surface area contributed by atoms with Crippen LogP contribution in [-0.4, -0.2) is 37.4 Å². The average molecular weight is 267 g/mol.